The molecule has 7 heteroatoms. The van der Waals surface area contributed by atoms with Crippen LogP contribution in [0.3, 0.4) is 0 Å². The van der Waals surface area contributed by atoms with Crippen molar-refractivity contribution in [2.45, 2.75) is 51.5 Å². The molecule has 3 heterocycles. The van der Waals surface area contributed by atoms with Gasteiger partial charge in [-0.05, 0) is 113 Å². The number of rotatable bonds is 12. The van der Waals surface area contributed by atoms with Crippen LogP contribution in [0.2, 0.25) is 0 Å². The summed E-state index contributed by atoms with van der Waals surface area (Å²) >= 11 is 0. The fraction of sp³-hybridized carbons (Fsp3) is 0.100. The maximum Gasteiger partial charge on any atom is 0.268 e. The van der Waals surface area contributed by atoms with Crippen molar-refractivity contribution < 1.29 is 87.9 Å². The number of aryl methyl sites for hydroxylation is 1. The van der Waals surface area contributed by atoms with Crippen LogP contribution in [0.4, 0.5) is 0 Å². The molecular weight excluding hydrogens is 1260 g/mol. The minimum atomic E-state index is -6.67. The number of para-hydroxylation sites is 4. The maximum atomic E-state index is 11.0. The maximum absolute atomic E-state index is 11.0. The van der Waals surface area contributed by atoms with Crippen LogP contribution in [0, 0.1) is 25.3 Å². The number of imidazole rings is 1. The van der Waals surface area contributed by atoms with Crippen molar-refractivity contribution in [2.24, 2.45) is 0 Å². The number of ether oxygens (including phenoxy) is 1. The number of benzene rings is 11. The van der Waals surface area contributed by atoms with Gasteiger partial charge in [0.25, 0.3) is 6.33 Å². The van der Waals surface area contributed by atoms with Gasteiger partial charge in [0.05, 0.1) is 53.7 Å². The van der Waals surface area contributed by atoms with Gasteiger partial charge in [0.2, 0.25) is 0 Å². The Balaban J connectivity index is 0.0000134. The largest absolute Gasteiger partial charge is 0.510 e. The molecule has 14 aromatic rings. The third kappa shape index (κ3) is 9.50. The molecule has 0 spiro atoms. The molecule has 0 saturated heterocycles. The molecule has 0 atom stereocenters. The standard InChI is InChI=1S/C80H62N4OSi.Pt/c1-55-47-77(81-52-70(55)56-25-10-6-11-26-56)84-73-40-19-18-37-68(73)69-45-44-61(51-76(69)84)85-60-29-23-28-59(50-60)82-54-83(75-42-21-20-41-74(75)82)78-66(38-24-39-67(78)58-43-46-71-72(49-58)80(4,5)53-79(71,2)3)57-27-22-36-65(48-57)86(62-30-12-7-13-31-62,63-32-14-8-15-33-63)64-34-16-9-17-35-64;/h6-49,52H,53H2,1-5H3;/q-2;/i1D3,2D3,3D3,4D3,5D3,6D,7D,8D,9D,10D,11D,12D,13D,14D,15D,16D,17D,22D,25D,26D,27D,30D,31D,32D,33D,34D,35D,36D,43D,46D,48D,49D;. The molecule has 0 unspecified atom stereocenters. The molecule has 11 aromatic carbocycles. The van der Waals surface area contributed by atoms with Gasteiger partial charge >= 0.3 is 0 Å². The molecule has 5 nitrogen and oxygen atoms in total. The Morgan fingerprint density at radius 1 is 0.540 bits per heavy atom. The van der Waals surface area contributed by atoms with Crippen LogP contribution in [0.5, 0.6) is 11.5 Å². The van der Waals surface area contributed by atoms with Crippen LogP contribution >= 0.6 is 0 Å². The molecule has 1 aliphatic rings. The number of pyridine rings is 1. The molecule has 0 bridgehead atoms. The molecule has 0 radical (unpaired) electrons. The Hall–Kier alpha value is -9.45. The van der Waals surface area contributed by atoms with Crippen molar-refractivity contribution >= 4 is 61.7 Å². The summed E-state index contributed by atoms with van der Waals surface area (Å²) in [4.78, 5) is 4.64. The first-order valence-electron chi connectivity index (χ1n) is 47.3. The summed E-state index contributed by atoms with van der Waals surface area (Å²) in [5, 5.41) is -3.81. The zero-order valence-electron chi connectivity index (χ0n) is 86.6. The summed E-state index contributed by atoms with van der Waals surface area (Å²) in [5.41, 5.74) is -14.6. The van der Waals surface area contributed by atoms with Crippen LogP contribution < -0.4 is 30.1 Å². The van der Waals surface area contributed by atoms with Gasteiger partial charge < -0.3 is 13.9 Å². The zero-order chi connectivity index (χ0) is 94.1. The number of hydrogen-bond donors (Lipinski definition) is 0. The van der Waals surface area contributed by atoms with Crippen molar-refractivity contribution in [1.29, 1.82) is 0 Å². The van der Waals surface area contributed by atoms with Crippen molar-refractivity contribution in [2.75, 3.05) is 0 Å². The molecule has 0 fully saturated rings. The summed E-state index contributed by atoms with van der Waals surface area (Å²) < 4.78 is 400. The molecular formula is C80H62N4OPtSi-2. The van der Waals surface area contributed by atoms with E-state index in [0.717, 1.165) is 29.0 Å². The smallest absolute Gasteiger partial charge is 0.268 e. The number of aromatic nitrogens is 4. The van der Waals surface area contributed by atoms with Gasteiger partial charge in [-0.3, -0.25) is 4.57 Å². The zero-order valence-corrected chi connectivity index (χ0v) is 47.9. The third-order valence-corrected chi connectivity index (χ3v) is 18.8. The number of hydrogen-bond acceptors (Lipinski definition) is 2. The second kappa shape index (κ2) is 22.1. The molecule has 87 heavy (non-hydrogen) atoms. The van der Waals surface area contributed by atoms with E-state index in [1.807, 2.05) is 0 Å². The summed E-state index contributed by atoms with van der Waals surface area (Å²) in [6.07, 6.45) is 2.41. The molecule has 15 rings (SSSR count). The second-order valence-corrected chi connectivity index (χ2v) is 23.5. The van der Waals surface area contributed by atoms with Crippen LogP contribution in [0.15, 0.2) is 272 Å². The van der Waals surface area contributed by atoms with Gasteiger partial charge in [-0.1, -0.05) is 257 Å². The van der Waals surface area contributed by atoms with Crippen LogP contribution in [-0.2, 0) is 31.9 Å². The molecule has 0 saturated carbocycles. The van der Waals surface area contributed by atoms with Gasteiger partial charge in [0, 0.05) is 70.4 Å². The summed E-state index contributed by atoms with van der Waals surface area (Å²) in [6.45, 7) is -19.0. The number of fused-ring (bicyclic) bond motifs is 5. The van der Waals surface area contributed by atoms with Crippen molar-refractivity contribution in [3.8, 4) is 62.1 Å². The van der Waals surface area contributed by atoms with Crippen LogP contribution in [-0.4, -0.2) is 22.2 Å². The van der Waals surface area contributed by atoms with E-state index in [1.54, 1.807) is 34.9 Å². The molecule has 3 aromatic heterocycles. The topological polar surface area (TPSA) is 35.9 Å². The quantitative estimate of drug-likeness (QED) is 0.0529. The first kappa shape index (κ1) is 25.9. The average Bonchev–Trinajstić information content (AvgIpc) is 1.56. The fourth-order valence-electron chi connectivity index (χ4n) is 11.1. The third-order valence-electron chi connectivity index (χ3n) is 14.8. The molecule has 1 aliphatic carbocycles. The van der Waals surface area contributed by atoms with E-state index < -0.39 is 294 Å². The SMILES string of the molecule is [2H]c1c([2H])c([2H])c(-c2cnc(-n3c4[c-]c(Oc5[c-]c(-n6[c-][n+](-c7c(-c8c([2H])c([2H])c9c(c8[2H])C(C([2H])([2H])[2H])(C([2H])([2H])[2H])CC9(C([2H])([2H])[2H])C([2H])([2H])[2H])cccc7-c7c([2H])c([2H])c([2H])c([Si](c8c([2H])c([2H])c([2H])c([2H])c8[2H])(c8c([2H])c([2H])c([2H])c([2H])c8[2H])c8c([2H])c([2H])c([2H])c([2H])c8[2H])c7[2H])c7ccccc76)ccc5)ccc4c4ccccc43)cc2C([2H])([2H])[2H])c([2H])c1[2H].[Pt]. The van der Waals surface area contributed by atoms with E-state index in [0.29, 0.717) is 16.3 Å². The van der Waals surface area contributed by atoms with Crippen molar-refractivity contribution in [1.82, 2.24) is 14.1 Å². The first-order chi connectivity index (χ1) is 59.5. The Morgan fingerprint density at radius 2 is 1.15 bits per heavy atom. The monoisotopic (exact) mass is 1360 g/mol. The molecule has 424 valence electrons. The minimum Gasteiger partial charge on any atom is -0.510 e. The van der Waals surface area contributed by atoms with E-state index >= 15 is 0 Å². The average molecular weight is 1360 g/mol. The minimum absolute atomic E-state index is 0. The Bertz CT molecular complexity index is 6880. The van der Waals surface area contributed by atoms with Crippen molar-refractivity contribution in [3.05, 3.63) is 308 Å². The van der Waals surface area contributed by atoms with Gasteiger partial charge in [-0.15, -0.1) is 29.7 Å². The molecule has 0 aliphatic heterocycles. The van der Waals surface area contributed by atoms with Gasteiger partial charge in [-0.2, -0.15) is 18.2 Å². The fourth-order valence-corrected chi connectivity index (χ4v) is 14.7. The predicted octanol–water partition coefficient (Wildman–Crippen LogP) is 16.2. The molecule has 0 amide bonds. The Kier molecular flexibility index (Phi) is 6.57. The Labute approximate surface area is 583 Å². The van der Waals surface area contributed by atoms with E-state index in [2.05, 4.69) is 23.4 Å². The van der Waals surface area contributed by atoms with E-state index in [4.69, 9.17) is 36.3 Å². The molecule has 0 N–H and O–H groups in total. The van der Waals surface area contributed by atoms with Crippen molar-refractivity contribution in [3.63, 3.8) is 0 Å². The van der Waals surface area contributed by atoms with E-state index in [9.17, 15) is 26.0 Å². The summed E-state index contributed by atoms with van der Waals surface area (Å²) in [5.74, 6) is -0.160. The second-order valence-electron chi connectivity index (χ2n) is 20.0. The predicted molar refractivity (Wildman–Crippen MR) is 355 cm³/mol. The van der Waals surface area contributed by atoms with Gasteiger partial charge in [-0.25, -0.2) is 4.98 Å². The van der Waals surface area contributed by atoms with E-state index in [-0.39, 0.29) is 66.2 Å². The summed E-state index contributed by atoms with van der Waals surface area (Å²) in [6, 6.07) is -1.01. The summed E-state index contributed by atoms with van der Waals surface area (Å²) in [7, 11) is -6.67. The van der Waals surface area contributed by atoms with Gasteiger partial charge in [0.1, 0.15) is 5.82 Å². The first-order valence-corrected chi connectivity index (χ1v) is 28.3. The van der Waals surface area contributed by atoms with Gasteiger partial charge in [0.15, 0.2) is 8.07 Å². The van der Waals surface area contributed by atoms with E-state index in [1.165, 1.54) is 59.2 Å². The normalized spacial score (nSPS) is 21.0. The number of nitrogens with zero attached hydrogens (tertiary/aromatic N) is 4. The Morgan fingerprint density at radius 3 is 1.85 bits per heavy atom. The van der Waals surface area contributed by atoms with Crippen LogP contribution in [0.25, 0.3) is 83.4 Å². The van der Waals surface area contributed by atoms with Crippen LogP contribution in [0.1, 0.15) is 108 Å².